The summed E-state index contributed by atoms with van der Waals surface area (Å²) < 4.78 is 0.897. The SMILES string of the molecule is O=C(CCc1ccccc1)Nc1ccc2nc(NC(=O)c3ccccc3)sc2c1. The third kappa shape index (κ3) is 4.86. The van der Waals surface area contributed by atoms with Crippen LogP contribution in [-0.2, 0) is 11.2 Å². The average Bonchev–Trinajstić information content (AvgIpc) is 3.15. The molecule has 0 aliphatic rings. The third-order valence-corrected chi connectivity index (χ3v) is 5.35. The van der Waals surface area contributed by atoms with E-state index in [4.69, 9.17) is 0 Å². The van der Waals surface area contributed by atoms with E-state index in [-0.39, 0.29) is 11.8 Å². The van der Waals surface area contributed by atoms with E-state index in [1.165, 1.54) is 11.3 Å². The van der Waals surface area contributed by atoms with Gasteiger partial charge in [-0.15, -0.1) is 0 Å². The Labute approximate surface area is 172 Å². The van der Waals surface area contributed by atoms with Crippen LogP contribution < -0.4 is 10.6 Å². The van der Waals surface area contributed by atoms with Gasteiger partial charge in [-0.3, -0.25) is 14.9 Å². The molecule has 0 unspecified atom stereocenters. The van der Waals surface area contributed by atoms with Gasteiger partial charge in [-0.25, -0.2) is 4.98 Å². The second-order valence-corrected chi connectivity index (χ2v) is 7.59. The van der Waals surface area contributed by atoms with Crippen molar-refractivity contribution < 1.29 is 9.59 Å². The molecule has 144 valence electrons. The number of carbonyl (C=O) groups excluding carboxylic acids is 2. The van der Waals surface area contributed by atoms with E-state index in [0.717, 1.165) is 21.5 Å². The molecule has 2 amide bonds. The molecule has 0 saturated carbocycles. The zero-order valence-electron chi connectivity index (χ0n) is 15.6. The molecule has 0 spiro atoms. The summed E-state index contributed by atoms with van der Waals surface area (Å²) in [4.78, 5) is 29.0. The average molecular weight is 401 g/mol. The number of hydrogen-bond donors (Lipinski definition) is 2. The molecule has 3 aromatic carbocycles. The minimum Gasteiger partial charge on any atom is -0.326 e. The van der Waals surface area contributed by atoms with Gasteiger partial charge in [0.25, 0.3) is 5.91 Å². The summed E-state index contributed by atoms with van der Waals surface area (Å²) in [7, 11) is 0. The standard InChI is InChI=1S/C23H19N3O2S/c27-21(14-11-16-7-3-1-4-8-16)24-18-12-13-19-20(15-18)29-23(25-19)26-22(28)17-9-5-2-6-10-17/h1-10,12-13,15H,11,14H2,(H,24,27)(H,25,26,28). The van der Waals surface area contributed by atoms with Crippen LogP contribution in [0.1, 0.15) is 22.3 Å². The monoisotopic (exact) mass is 401 g/mol. The van der Waals surface area contributed by atoms with Gasteiger partial charge in [-0.2, -0.15) is 0 Å². The molecule has 0 fully saturated rings. The van der Waals surface area contributed by atoms with Gasteiger partial charge in [0.2, 0.25) is 5.91 Å². The van der Waals surface area contributed by atoms with Crippen molar-refractivity contribution in [2.24, 2.45) is 0 Å². The lowest BCUT2D eigenvalue weighted by Crippen LogP contribution is -2.12. The number of anilines is 2. The van der Waals surface area contributed by atoms with Crippen LogP contribution in [0.5, 0.6) is 0 Å². The molecule has 1 aromatic heterocycles. The fourth-order valence-corrected chi connectivity index (χ4v) is 3.84. The van der Waals surface area contributed by atoms with Gasteiger partial charge >= 0.3 is 0 Å². The van der Waals surface area contributed by atoms with Gasteiger partial charge in [0.1, 0.15) is 0 Å². The Balaban J connectivity index is 1.40. The van der Waals surface area contributed by atoms with Crippen molar-refractivity contribution in [3.05, 3.63) is 90.0 Å². The van der Waals surface area contributed by atoms with Gasteiger partial charge < -0.3 is 5.32 Å². The van der Waals surface area contributed by atoms with E-state index < -0.39 is 0 Å². The Bertz CT molecular complexity index is 1140. The van der Waals surface area contributed by atoms with Crippen LogP contribution in [0, 0.1) is 0 Å². The lowest BCUT2D eigenvalue weighted by atomic mass is 10.1. The first-order chi connectivity index (χ1) is 14.2. The maximum absolute atomic E-state index is 12.3. The number of nitrogens with zero attached hydrogens (tertiary/aromatic N) is 1. The normalized spacial score (nSPS) is 10.6. The molecule has 0 atom stereocenters. The summed E-state index contributed by atoms with van der Waals surface area (Å²) >= 11 is 1.38. The highest BCUT2D eigenvalue weighted by molar-refractivity contribution is 7.22. The fraction of sp³-hybridized carbons (Fsp3) is 0.0870. The summed E-state index contributed by atoms with van der Waals surface area (Å²) in [6, 6.07) is 24.5. The van der Waals surface area contributed by atoms with Crippen LogP contribution in [0.4, 0.5) is 10.8 Å². The van der Waals surface area contributed by atoms with Crippen molar-refractivity contribution >= 4 is 44.2 Å². The maximum atomic E-state index is 12.3. The van der Waals surface area contributed by atoms with Gasteiger partial charge in [-0.05, 0) is 42.3 Å². The van der Waals surface area contributed by atoms with E-state index in [9.17, 15) is 9.59 Å². The highest BCUT2D eigenvalue weighted by Crippen LogP contribution is 2.28. The summed E-state index contributed by atoms with van der Waals surface area (Å²) in [5, 5.41) is 6.29. The van der Waals surface area contributed by atoms with Gasteiger partial charge in [0, 0.05) is 17.7 Å². The molecule has 0 radical (unpaired) electrons. The molecule has 6 heteroatoms. The smallest absolute Gasteiger partial charge is 0.257 e. The van der Waals surface area contributed by atoms with Crippen molar-refractivity contribution in [1.29, 1.82) is 0 Å². The first-order valence-electron chi connectivity index (χ1n) is 9.28. The predicted octanol–water partition coefficient (Wildman–Crippen LogP) is 5.12. The zero-order chi connectivity index (χ0) is 20.1. The largest absolute Gasteiger partial charge is 0.326 e. The molecular weight excluding hydrogens is 382 g/mol. The van der Waals surface area contributed by atoms with Crippen molar-refractivity contribution in [2.45, 2.75) is 12.8 Å². The molecule has 0 aliphatic carbocycles. The van der Waals surface area contributed by atoms with Crippen molar-refractivity contribution in [3.8, 4) is 0 Å². The number of amides is 2. The van der Waals surface area contributed by atoms with Crippen LogP contribution in [0.3, 0.4) is 0 Å². The molecule has 5 nitrogen and oxygen atoms in total. The van der Waals surface area contributed by atoms with Crippen LogP contribution in [0.25, 0.3) is 10.2 Å². The molecule has 4 rings (SSSR count). The second-order valence-electron chi connectivity index (χ2n) is 6.56. The molecule has 4 aromatic rings. The summed E-state index contributed by atoms with van der Waals surface area (Å²) in [6.45, 7) is 0. The lowest BCUT2D eigenvalue weighted by molar-refractivity contribution is -0.116. The van der Waals surface area contributed by atoms with E-state index >= 15 is 0 Å². The van der Waals surface area contributed by atoms with E-state index in [2.05, 4.69) is 15.6 Å². The second kappa shape index (κ2) is 8.67. The van der Waals surface area contributed by atoms with Gasteiger partial charge in [0.05, 0.1) is 10.2 Å². The lowest BCUT2D eigenvalue weighted by Gasteiger charge is -2.05. The van der Waals surface area contributed by atoms with Gasteiger partial charge in [0.15, 0.2) is 5.13 Å². The van der Waals surface area contributed by atoms with E-state index in [0.29, 0.717) is 23.5 Å². The Morgan fingerprint density at radius 3 is 2.34 bits per heavy atom. The number of aryl methyl sites for hydroxylation is 1. The summed E-state index contributed by atoms with van der Waals surface area (Å²) in [5.41, 5.74) is 3.22. The Morgan fingerprint density at radius 2 is 1.59 bits per heavy atom. The van der Waals surface area contributed by atoms with Crippen LogP contribution in [-0.4, -0.2) is 16.8 Å². The van der Waals surface area contributed by atoms with Crippen molar-refractivity contribution in [1.82, 2.24) is 4.98 Å². The van der Waals surface area contributed by atoms with Gasteiger partial charge in [-0.1, -0.05) is 59.9 Å². The van der Waals surface area contributed by atoms with E-state index in [1.54, 1.807) is 12.1 Å². The first-order valence-corrected chi connectivity index (χ1v) is 10.1. The van der Waals surface area contributed by atoms with Crippen LogP contribution in [0.15, 0.2) is 78.9 Å². The number of fused-ring (bicyclic) bond motifs is 1. The summed E-state index contributed by atoms with van der Waals surface area (Å²) in [5.74, 6) is -0.227. The highest BCUT2D eigenvalue weighted by Gasteiger charge is 2.11. The fourth-order valence-electron chi connectivity index (χ4n) is 2.94. The first kappa shape index (κ1) is 18.8. The molecular formula is C23H19N3O2S. The Hall–Kier alpha value is -3.51. The van der Waals surface area contributed by atoms with Crippen LogP contribution >= 0.6 is 11.3 Å². The number of benzene rings is 3. The topological polar surface area (TPSA) is 71.1 Å². The number of carbonyl (C=O) groups is 2. The van der Waals surface area contributed by atoms with Crippen molar-refractivity contribution in [2.75, 3.05) is 10.6 Å². The number of thiazole rings is 1. The molecule has 0 bridgehead atoms. The quantitative estimate of drug-likeness (QED) is 0.471. The molecule has 1 heterocycles. The number of aromatic nitrogens is 1. The molecule has 29 heavy (non-hydrogen) atoms. The van der Waals surface area contributed by atoms with E-state index in [1.807, 2.05) is 66.7 Å². The number of nitrogens with one attached hydrogen (secondary N) is 2. The maximum Gasteiger partial charge on any atom is 0.257 e. The van der Waals surface area contributed by atoms with Crippen molar-refractivity contribution in [3.63, 3.8) is 0 Å². The minimum absolute atomic E-state index is 0.0321. The highest BCUT2D eigenvalue weighted by atomic mass is 32.1. The number of rotatable bonds is 6. The minimum atomic E-state index is -0.195. The molecule has 2 N–H and O–H groups in total. The molecule has 0 aliphatic heterocycles. The summed E-state index contributed by atoms with van der Waals surface area (Å²) in [6.07, 6.45) is 1.12. The Morgan fingerprint density at radius 1 is 0.862 bits per heavy atom. The third-order valence-electron chi connectivity index (χ3n) is 4.41. The predicted molar refractivity (Wildman–Crippen MR) is 117 cm³/mol. The number of hydrogen-bond acceptors (Lipinski definition) is 4. The Kier molecular flexibility index (Phi) is 5.63. The zero-order valence-corrected chi connectivity index (χ0v) is 16.4. The van der Waals surface area contributed by atoms with Crippen LogP contribution in [0.2, 0.25) is 0 Å². The molecule has 0 saturated heterocycles.